The van der Waals surface area contributed by atoms with Gasteiger partial charge in [0, 0.05) is 30.3 Å². The lowest BCUT2D eigenvalue weighted by Gasteiger charge is -2.11. The smallest absolute Gasteiger partial charge is 0.299 e. The maximum atomic E-state index is 12.7. The second kappa shape index (κ2) is 8.70. The molecule has 0 fully saturated rings. The summed E-state index contributed by atoms with van der Waals surface area (Å²) in [5.41, 5.74) is 1.93. The van der Waals surface area contributed by atoms with Crippen LogP contribution in [-0.4, -0.2) is 34.8 Å². The second-order valence-corrected chi connectivity index (χ2v) is 6.69. The van der Waals surface area contributed by atoms with E-state index in [-0.39, 0.29) is 24.5 Å². The minimum Gasteiger partial charge on any atom is -0.493 e. The monoisotopic (exact) mass is 420 g/mol. The van der Waals surface area contributed by atoms with Crippen LogP contribution in [0, 0.1) is 0 Å². The molecule has 1 amide bonds. The van der Waals surface area contributed by atoms with E-state index in [2.05, 4.69) is 15.5 Å². The number of aromatic nitrogens is 3. The molecule has 0 aliphatic heterocycles. The summed E-state index contributed by atoms with van der Waals surface area (Å²) in [7, 11) is 3.06. The van der Waals surface area contributed by atoms with Crippen LogP contribution in [0.25, 0.3) is 22.4 Å². The van der Waals surface area contributed by atoms with Crippen molar-refractivity contribution in [2.75, 3.05) is 19.5 Å². The normalized spacial score (nSPS) is 10.8. The zero-order valence-electron chi connectivity index (χ0n) is 17.0. The molecule has 1 N–H and O–H groups in total. The van der Waals surface area contributed by atoms with E-state index >= 15 is 0 Å². The Hall–Kier alpha value is -4.14. The third-order valence-corrected chi connectivity index (χ3v) is 4.74. The van der Waals surface area contributed by atoms with Crippen LogP contribution in [-0.2, 0) is 11.3 Å². The number of hydrogen-bond donors (Lipinski definition) is 1. The highest BCUT2D eigenvalue weighted by Gasteiger charge is 2.16. The first-order valence-corrected chi connectivity index (χ1v) is 9.53. The number of fused-ring (bicyclic) bond motifs is 1. The van der Waals surface area contributed by atoms with Crippen LogP contribution in [0.1, 0.15) is 6.42 Å². The Morgan fingerprint density at radius 1 is 1.10 bits per heavy atom. The van der Waals surface area contributed by atoms with Crippen molar-refractivity contribution < 1.29 is 18.8 Å². The van der Waals surface area contributed by atoms with Gasteiger partial charge in [-0.1, -0.05) is 35.5 Å². The van der Waals surface area contributed by atoms with Gasteiger partial charge in [0.1, 0.15) is 11.2 Å². The molecule has 0 spiro atoms. The number of carbonyl (C=O) groups is 1. The lowest BCUT2D eigenvalue weighted by molar-refractivity contribution is -0.116. The second-order valence-electron chi connectivity index (χ2n) is 6.69. The Morgan fingerprint density at radius 2 is 1.87 bits per heavy atom. The Kier molecular flexibility index (Phi) is 5.65. The SMILES string of the molecule is COc1ccc(NC(=O)CCn2cnc3c(-c4ccccc4)noc3c2=O)cc1OC. The molecular weight excluding hydrogens is 400 g/mol. The number of amides is 1. The van der Waals surface area contributed by atoms with Crippen molar-refractivity contribution >= 4 is 22.7 Å². The molecule has 0 bridgehead atoms. The van der Waals surface area contributed by atoms with Crippen molar-refractivity contribution in [3.8, 4) is 22.8 Å². The number of aryl methyl sites for hydroxylation is 1. The number of nitrogens with zero attached hydrogens (tertiary/aromatic N) is 3. The zero-order valence-corrected chi connectivity index (χ0v) is 17.0. The molecule has 0 saturated carbocycles. The Morgan fingerprint density at radius 3 is 2.61 bits per heavy atom. The Balaban J connectivity index is 1.47. The fourth-order valence-electron chi connectivity index (χ4n) is 3.16. The van der Waals surface area contributed by atoms with Crippen molar-refractivity contribution in [3.05, 3.63) is 65.2 Å². The molecule has 31 heavy (non-hydrogen) atoms. The standard InChI is InChI=1S/C22H20N4O5/c1-29-16-9-8-15(12-17(16)30-2)24-18(27)10-11-26-13-23-20-19(14-6-4-3-5-7-14)25-31-21(20)22(26)28/h3-9,12-13H,10-11H2,1-2H3,(H,24,27). The Labute approximate surface area is 177 Å². The molecule has 2 aromatic heterocycles. The van der Waals surface area contributed by atoms with Gasteiger partial charge in [-0.15, -0.1) is 0 Å². The van der Waals surface area contributed by atoms with Gasteiger partial charge in [-0.3, -0.25) is 14.2 Å². The highest BCUT2D eigenvalue weighted by atomic mass is 16.5. The average molecular weight is 420 g/mol. The number of ether oxygens (including phenoxy) is 2. The Bertz CT molecular complexity index is 1280. The summed E-state index contributed by atoms with van der Waals surface area (Å²) in [6, 6.07) is 14.4. The topological polar surface area (TPSA) is 108 Å². The summed E-state index contributed by atoms with van der Waals surface area (Å²) in [5.74, 6) is 0.806. The maximum absolute atomic E-state index is 12.7. The number of carbonyl (C=O) groups excluding carboxylic acids is 1. The average Bonchev–Trinajstić information content (AvgIpc) is 3.24. The largest absolute Gasteiger partial charge is 0.493 e. The number of benzene rings is 2. The number of anilines is 1. The molecule has 0 saturated heterocycles. The van der Waals surface area contributed by atoms with Crippen LogP contribution in [0.5, 0.6) is 11.5 Å². The molecule has 9 heteroatoms. The highest BCUT2D eigenvalue weighted by molar-refractivity contribution is 5.91. The molecule has 0 unspecified atom stereocenters. The number of methoxy groups -OCH3 is 2. The molecule has 4 rings (SSSR count). The first kappa shape index (κ1) is 20.1. The van der Waals surface area contributed by atoms with Gasteiger partial charge >= 0.3 is 0 Å². The summed E-state index contributed by atoms with van der Waals surface area (Å²) >= 11 is 0. The van der Waals surface area contributed by atoms with Crippen molar-refractivity contribution in [2.45, 2.75) is 13.0 Å². The number of nitrogens with one attached hydrogen (secondary N) is 1. The molecule has 0 aliphatic rings. The summed E-state index contributed by atoms with van der Waals surface area (Å²) in [4.78, 5) is 29.4. The molecule has 0 radical (unpaired) electrons. The van der Waals surface area contributed by atoms with Crippen LogP contribution >= 0.6 is 0 Å². The molecule has 2 heterocycles. The third-order valence-electron chi connectivity index (χ3n) is 4.74. The molecular formula is C22H20N4O5. The zero-order chi connectivity index (χ0) is 21.8. The fraction of sp³-hybridized carbons (Fsp3) is 0.182. The predicted octanol–water partition coefficient (Wildman–Crippen LogP) is 3.10. The molecule has 0 atom stereocenters. The fourth-order valence-corrected chi connectivity index (χ4v) is 3.16. The van der Waals surface area contributed by atoms with E-state index in [1.807, 2.05) is 30.3 Å². The number of rotatable bonds is 7. The minimum absolute atomic E-state index is 0.0571. The predicted molar refractivity (Wildman–Crippen MR) is 114 cm³/mol. The van der Waals surface area contributed by atoms with E-state index in [0.29, 0.717) is 28.4 Å². The van der Waals surface area contributed by atoms with E-state index in [0.717, 1.165) is 5.56 Å². The van der Waals surface area contributed by atoms with Crippen molar-refractivity contribution in [1.82, 2.24) is 14.7 Å². The first-order chi connectivity index (χ1) is 15.1. The van der Waals surface area contributed by atoms with Gasteiger partial charge in [0.2, 0.25) is 5.91 Å². The molecule has 2 aromatic carbocycles. The van der Waals surface area contributed by atoms with Gasteiger partial charge in [0.05, 0.1) is 20.5 Å². The molecule has 158 valence electrons. The van der Waals surface area contributed by atoms with Crippen LogP contribution in [0.2, 0.25) is 0 Å². The highest BCUT2D eigenvalue weighted by Crippen LogP contribution is 2.29. The van der Waals surface area contributed by atoms with Gasteiger partial charge in [0.15, 0.2) is 11.5 Å². The van der Waals surface area contributed by atoms with Gasteiger partial charge < -0.3 is 19.3 Å². The summed E-state index contributed by atoms with van der Waals surface area (Å²) in [6.45, 7) is 0.141. The summed E-state index contributed by atoms with van der Waals surface area (Å²) in [5, 5.41) is 6.77. The molecule has 0 aliphatic carbocycles. The van der Waals surface area contributed by atoms with Crippen LogP contribution in [0.3, 0.4) is 0 Å². The van der Waals surface area contributed by atoms with Crippen LogP contribution < -0.4 is 20.3 Å². The van der Waals surface area contributed by atoms with Crippen molar-refractivity contribution in [1.29, 1.82) is 0 Å². The molecule has 9 nitrogen and oxygen atoms in total. The lowest BCUT2D eigenvalue weighted by atomic mass is 10.1. The quantitative estimate of drug-likeness (QED) is 0.489. The van der Waals surface area contributed by atoms with Gasteiger partial charge in [-0.2, -0.15) is 0 Å². The van der Waals surface area contributed by atoms with E-state index in [1.54, 1.807) is 18.2 Å². The summed E-state index contributed by atoms with van der Waals surface area (Å²) < 4.78 is 17.0. The van der Waals surface area contributed by atoms with E-state index in [9.17, 15) is 9.59 Å². The van der Waals surface area contributed by atoms with Gasteiger partial charge in [0.25, 0.3) is 11.1 Å². The minimum atomic E-state index is -0.390. The van der Waals surface area contributed by atoms with E-state index < -0.39 is 5.56 Å². The maximum Gasteiger partial charge on any atom is 0.299 e. The lowest BCUT2D eigenvalue weighted by Crippen LogP contribution is -2.23. The van der Waals surface area contributed by atoms with Crippen LogP contribution in [0.15, 0.2) is 64.2 Å². The van der Waals surface area contributed by atoms with E-state index in [4.69, 9.17) is 14.0 Å². The molecule has 4 aromatic rings. The van der Waals surface area contributed by atoms with Crippen LogP contribution in [0.4, 0.5) is 5.69 Å². The van der Waals surface area contributed by atoms with E-state index in [1.165, 1.54) is 25.1 Å². The van der Waals surface area contributed by atoms with Crippen molar-refractivity contribution in [2.24, 2.45) is 0 Å². The summed E-state index contributed by atoms with van der Waals surface area (Å²) in [6.07, 6.45) is 1.47. The number of hydrogen-bond acceptors (Lipinski definition) is 7. The first-order valence-electron chi connectivity index (χ1n) is 9.53. The van der Waals surface area contributed by atoms with Gasteiger partial charge in [-0.05, 0) is 12.1 Å². The van der Waals surface area contributed by atoms with Crippen molar-refractivity contribution in [3.63, 3.8) is 0 Å². The third kappa shape index (κ3) is 4.11. The van der Waals surface area contributed by atoms with Gasteiger partial charge in [-0.25, -0.2) is 4.98 Å².